The van der Waals surface area contributed by atoms with Gasteiger partial charge in [0.2, 0.25) is 0 Å². The van der Waals surface area contributed by atoms with E-state index in [2.05, 4.69) is 69.5 Å². The van der Waals surface area contributed by atoms with Crippen LogP contribution in [-0.4, -0.2) is 58.4 Å². The van der Waals surface area contributed by atoms with Gasteiger partial charge in [-0.3, -0.25) is 24.6 Å². The van der Waals surface area contributed by atoms with Crippen LogP contribution in [0.5, 0.6) is 0 Å². The van der Waals surface area contributed by atoms with Crippen LogP contribution in [0.1, 0.15) is 52.6 Å². The second-order valence-corrected chi connectivity index (χ2v) is 9.58. The van der Waals surface area contributed by atoms with Crippen molar-refractivity contribution in [2.24, 2.45) is 0 Å². The van der Waals surface area contributed by atoms with Gasteiger partial charge < -0.3 is 5.32 Å². The zero-order valence-electron chi connectivity index (χ0n) is 22.5. The molecule has 1 saturated heterocycles. The molecule has 1 amide bonds. The van der Waals surface area contributed by atoms with E-state index in [-0.39, 0.29) is 36.8 Å². The smallest absolute Gasteiger partial charge is 0.251 e. The molecule has 5 rings (SSSR count). The minimum atomic E-state index is -0.0326. The fourth-order valence-electron chi connectivity index (χ4n) is 5.36. The molecular formula is C31H37Cl2N5O. The summed E-state index contributed by atoms with van der Waals surface area (Å²) in [5.74, 6) is -0.0326. The van der Waals surface area contributed by atoms with Gasteiger partial charge in [0, 0.05) is 68.2 Å². The lowest BCUT2D eigenvalue weighted by Gasteiger charge is -2.40. The van der Waals surface area contributed by atoms with E-state index in [1.807, 2.05) is 43.6 Å². The largest absolute Gasteiger partial charge is 0.352 e. The predicted molar refractivity (Wildman–Crippen MR) is 163 cm³/mol. The second-order valence-electron chi connectivity index (χ2n) is 9.58. The highest BCUT2D eigenvalue weighted by atomic mass is 35.5. The fraction of sp³-hybridized carbons (Fsp3) is 0.323. The van der Waals surface area contributed by atoms with Crippen LogP contribution in [-0.2, 0) is 13.0 Å². The van der Waals surface area contributed by atoms with Crippen LogP contribution in [0.4, 0.5) is 0 Å². The molecule has 1 N–H and O–H groups in total. The van der Waals surface area contributed by atoms with Crippen LogP contribution in [0.25, 0.3) is 10.9 Å². The Morgan fingerprint density at radius 2 is 1.62 bits per heavy atom. The van der Waals surface area contributed by atoms with Crippen LogP contribution in [0.15, 0.2) is 79.1 Å². The van der Waals surface area contributed by atoms with Gasteiger partial charge in [0.05, 0.1) is 17.3 Å². The quantitative estimate of drug-likeness (QED) is 0.297. The number of fused-ring (bicyclic) bond motifs is 1. The average molecular weight is 567 g/mol. The van der Waals surface area contributed by atoms with Gasteiger partial charge in [-0.05, 0) is 54.8 Å². The Labute approximate surface area is 243 Å². The summed E-state index contributed by atoms with van der Waals surface area (Å²) in [6.45, 7) is 9.49. The monoisotopic (exact) mass is 565 g/mol. The minimum absolute atomic E-state index is 0. The molecule has 4 aromatic rings. The van der Waals surface area contributed by atoms with Crippen molar-refractivity contribution < 1.29 is 4.79 Å². The van der Waals surface area contributed by atoms with E-state index in [1.54, 1.807) is 0 Å². The number of carbonyl (C=O) groups excluding carboxylic acids is 1. The van der Waals surface area contributed by atoms with E-state index in [0.29, 0.717) is 12.1 Å². The molecule has 1 atom stereocenters. The molecule has 2 aromatic heterocycles. The number of carbonyl (C=O) groups is 1. The number of nitrogens with zero attached hydrogens (tertiary/aromatic N) is 4. The Kier molecular flexibility index (Phi) is 11.3. The normalized spacial score (nSPS) is 14.7. The summed E-state index contributed by atoms with van der Waals surface area (Å²) in [4.78, 5) is 26.9. The first-order chi connectivity index (χ1) is 18.2. The van der Waals surface area contributed by atoms with E-state index in [9.17, 15) is 4.79 Å². The molecule has 2 aromatic carbocycles. The van der Waals surface area contributed by atoms with Crippen molar-refractivity contribution in [3.05, 3.63) is 107 Å². The number of hydrogen-bond acceptors (Lipinski definition) is 5. The number of amides is 1. The molecule has 39 heavy (non-hydrogen) atoms. The maximum absolute atomic E-state index is 12.4. The molecule has 1 aliphatic rings. The fourth-order valence-corrected chi connectivity index (χ4v) is 5.36. The van der Waals surface area contributed by atoms with Gasteiger partial charge in [0.25, 0.3) is 5.91 Å². The third kappa shape index (κ3) is 6.95. The number of aryl methyl sites for hydroxylation is 1. The van der Waals surface area contributed by atoms with Crippen molar-refractivity contribution in [1.29, 1.82) is 0 Å². The maximum atomic E-state index is 12.4. The van der Waals surface area contributed by atoms with E-state index < -0.39 is 0 Å². The molecule has 0 spiro atoms. The molecule has 6 nitrogen and oxygen atoms in total. The molecule has 3 heterocycles. The van der Waals surface area contributed by atoms with Crippen molar-refractivity contribution in [3.8, 4) is 0 Å². The summed E-state index contributed by atoms with van der Waals surface area (Å²) in [6, 6.07) is 22.9. The number of piperazine rings is 1. The standard InChI is InChI=1S/C31H35N5O.2ClH/c1-3-23-10-11-24-8-7-17-34-29(24)28(23)30(25-12-14-26(15-13-25)31(37)32-4-2)36-20-18-35(19-21-36)22-27-9-5-6-16-33-27;;/h5-17,30H,3-4,18-22H2,1-2H3,(H,32,37);2*1H. The van der Waals surface area contributed by atoms with Crippen LogP contribution >= 0.6 is 24.8 Å². The predicted octanol–water partition coefficient (Wildman–Crippen LogP) is 5.69. The third-order valence-corrected chi connectivity index (χ3v) is 7.27. The van der Waals surface area contributed by atoms with Gasteiger partial charge >= 0.3 is 0 Å². The van der Waals surface area contributed by atoms with Crippen LogP contribution < -0.4 is 5.32 Å². The Hall–Kier alpha value is -3.03. The third-order valence-electron chi connectivity index (χ3n) is 7.27. The zero-order valence-corrected chi connectivity index (χ0v) is 24.2. The van der Waals surface area contributed by atoms with Crippen molar-refractivity contribution in [3.63, 3.8) is 0 Å². The van der Waals surface area contributed by atoms with Crippen molar-refractivity contribution in [1.82, 2.24) is 25.1 Å². The topological polar surface area (TPSA) is 61.4 Å². The molecule has 0 bridgehead atoms. The van der Waals surface area contributed by atoms with Crippen molar-refractivity contribution in [2.75, 3.05) is 32.7 Å². The molecule has 1 aliphatic heterocycles. The highest BCUT2D eigenvalue weighted by Gasteiger charge is 2.30. The number of pyridine rings is 2. The number of halogens is 2. The maximum Gasteiger partial charge on any atom is 0.251 e. The van der Waals surface area contributed by atoms with Gasteiger partial charge in [-0.15, -0.1) is 24.8 Å². The molecule has 206 valence electrons. The Bertz CT molecular complexity index is 1340. The Morgan fingerprint density at radius 1 is 0.872 bits per heavy atom. The van der Waals surface area contributed by atoms with Crippen molar-refractivity contribution >= 4 is 41.6 Å². The highest BCUT2D eigenvalue weighted by molar-refractivity contribution is 5.94. The number of benzene rings is 2. The summed E-state index contributed by atoms with van der Waals surface area (Å²) in [5.41, 5.74) is 6.66. The number of nitrogens with one attached hydrogen (secondary N) is 1. The lowest BCUT2D eigenvalue weighted by molar-refractivity contribution is 0.0955. The van der Waals surface area contributed by atoms with Gasteiger partial charge in [0.15, 0.2) is 0 Å². The van der Waals surface area contributed by atoms with Gasteiger partial charge in [0.1, 0.15) is 0 Å². The SMILES string of the molecule is CCNC(=O)c1ccc(C(c2c(CC)ccc3cccnc23)N2CCN(Cc3ccccn3)CC2)cc1.Cl.Cl. The second kappa shape index (κ2) is 14.4. The average Bonchev–Trinajstić information content (AvgIpc) is 2.95. The summed E-state index contributed by atoms with van der Waals surface area (Å²) >= 11 is 0. The summed E-state index contributed by atoms with van der Waals surface area (Å²) in [5, 5.41) is 4.06. The van der Waals surface area contributed by atoms with E-state index in [1.165, 1.54) is 16.7 Å². The zero-order chi connectivity index (χ0) is 25.6. The molecule has 1 unspecified atom stereocenters. The van der Waals surface area contributed by atoms with Crippen molar-refractivity contribution in [2.45, 2.75) is 32.9 Å². The Balaban J connectivity index is 0.00000210. The first-order valence-electron chi connectivity index (χ1n) is 13.3. The van der Waals surface area contributed by atoms with Crippen LogP contribution in [0, 0.1) is 0 Å². The minimum Gasteiger partial charge on any atom is -0.352 e. The van der Waals surface area contributed by atoms with Gasteiger partial charge in [-0.25, -0.2) is 0 Å². The first-order valence-corrected chi connectivity index (χ1v) is 13.3. The van der Waals surface area contributed by atoms with E-state index in [4.69, 9.17) is 4.98 Å². The van der Waals surface area contributed by atoms with Gasteiger partial charge in [-0.1, -0.05) is 43.3 Å². The van der Waals surface area contributed by atoms with E-state index >= 15 is 0 Å². The van der Waals surface area contributed by atoms with Crippen LogP contribution in [0.3, 0.4) is 0 Å². The number of aromatic nitrogens is 2. The lowest BCUT2D eigenvalue weighted by atomic mass is 9.89. The van der Waals surface area contributed by atoms with Gasteiger partial charge in [-0.2, -0.15) is 0 Å². The van der Waals surface area contributed by atoms with Crippen LogP contribution in [0.2, 0.25) is 0 Å². The number of rotatable bonds is 8. The summed E-state index contributed by atoms with van der Waals surface area (Å²) in [6.07, 6.45) is 4.70. The number of hydrogen-bond donors (Lipinski definition) is 1. The molecule has 1 fully saturated rings. The highest BCUT2D eigenvalue weighted by Crippen LogP contribution is 2.36. The summed E-state index contributed by atoms with van der Waals surface area (Å²) < 4.78 is 0. The molecular weight excluding hydrogens is 529 g/mol. The molecule has 0 aliphatic carbocycles. The van der Waals surface area contributed by atoms with E-state index in [0.717, 1.165) is 55.7 Å². The molecule has 0 radical (unpaired) electrons. The Morgan fingerprint density at radius 3 is 2.28 bits per heavy atom. The molecule has 8 heteroatoms. The molecule has 0 saturated carbocycles. The lowest BCUT2D eigenvalue weighted by Crippen LogP contribution is -2.47. The summed E-state index contributed by atoms with van der Waals surface area (Å²) in [7, 11) is 0. The first kappa shape index (κ1) is 30.5.